The van der Waals surface area contributed by atoms with Gasteiger partial charge in [0.1, 0.15) is 5.75 Å². The van der Waals surface area contributed by atoms with E-state index >= 15 is 0 Å². The number of para-hydroxylation sites is 1. The normalized spacial score (nSPS) is 9.00. The number of nitrogens with zero attached hydrogens (tertiary/aromatic N) is 2. The maximum absolute atomic E-state index is 9.26. The number of halogens is 1. The van der Waals surface area contributed by atoms with E-state index in [1.54, 1.807) is 30.5 Å². The van der Waals surface area contributed by atoms with Crippen molar-refractivity contribution in [3.63, 3.8) is 0 Å². The molecular weight excluding hydrogens is 176 g/mol. The minimum absolute atomic E-state index is 0.151. The van der Waals surface area contributed by atoms with E-state index in [1.807, 2.05) is 0 Å². The van der Waals surface area contributed by atoms with Gasteiger partial charge in [-0.2, -0.15) is 5.26 Å². The first-order chi connectivity index (χ1) is 5.74. The van der Waals surface area contributed by atoms with Gasteiger partial charge in [-0.15, -0.1) is 0 Å². The fraction of sp³-hybridized carbons (Fsp3) is 0.125. The summed E-state index contributed by atoms with van der Waals surface area (Å²) in [7, 11) is 0. The Labute approximate surface area is 75.5 Å². The second-order valence-electron chi connectivity index (χ2n) is 2.25. The van der Waals surface area contributed by atoms with Crippen molar-refractivity contribution < 1.29 is 5.11 Å². The number of hydrogen-bond donors (Lipinski definition) is 1. The number of nitriles is 1. The van der Waals surface area contributed by atoms with Crippen molar-refractivity contribution in [3.8, 4) is 11.9 Å². The third-order valence-corrected chi connectivity index (χ3v) is 1.60. The summed E-state index contributed by atoms with van der Waals surface area (Å²) in [6.07, 6.45) is 1.73. The van der Waals surface area contributed by atoms with Gasteiger partial charge in [0.15, 0.2) is 6.19 Å². The van der Waals surface area contributed by atoms with Crippen LogP contribution in [0.1, 0.15) is 5.56 Å². The topological polar surface area (TPSA) is 47.3 Å². The molecule has 1 N–H and O–H groups in total. The lowest BCUT2D eigenvalue weighted by Crippen LogP contribution is -2.03. The Morgan fingerprint density at radius 2 is 2.17 bits per heavy atom. The molecule has 4 heteroatoms. The lowest BCUT2D eigenvalue weighted by molar-refractivity contribution is 0.459. The fourth-order valence-corrected chi connectivity index (χ4v) is 0.958. The Morgan fingerprint density at radius 1 is 1.50 bits per heavy atom. The van der Waals surface area contributed by atoms with Crippen molar-refractivity contribution in [2.24, 2.45) is 0 Å². The number of phenols is 1. The molecule has 1 aromatic carbocycles. The highest BCUT2D eigenvalue weighted by atomic mass is 35.5. The molecule has 0 amide bonds. The van der Waals surface area contributed by atoms with E-state index in [9.17, 15) is 5.11 Å². The molecule has 0 heterocycles. The fourth-order valence-electron chi connectivity index (χ4n) is 0.829. The van der Waals surface area contributed by atoms with Crippen molar-refractivity contribution in [1.29, 1.82) is 5.26 Å². The molecular formula is C8H7ClN2O. The second-order valence-corrected chi connectivity index (χ2v) is 2.66. The number of hydrogen-bond acceptors (Lipinski definition) is 3. The summed E-state index contributed by atoms with van der Waals surface area (Å²) in [5.41, 5.74) is 0.633. The molecule has 0 atom stereocenters. The largest absolute Gasteiger partial charge is 0.508 e. The first-order valence-corrected chi connectivity index (χ1v) is 3.68. The Bertz CT molecular complexity index is 308. The molecule has 0 aliphatic carbocycles. The first kappa shape index (κ1) is 8.69. The van der Waals surface area contributed by atoms with Crippen LogP contribution in [-0.4, -0.2) is 9.53 Å². The smallest absolute Gasteiger partial charge is 0.195 e. The molecule has 0 aliphatic rings. The van der Waals surface area contributed by atoms with Crippen molar-refractivity contribution in [2.45, 2.75) is 6.54 Å². The van der Waals surface area contributed by atoms with Crippen LogP contribution in [0.4, 0.5) is 0 Å². The molecule has 12 heavy (non-hydrogen) atoms. The second kappa shape index (κ2) is 3.84. The molecule has 0 saturated heterocycles. The first-order valence-electron chi connectivity index (χ1n) is 3.34. The van der Waals surface area contributed by atoms with Crippen LogP contribution in [0.25, 0.3) is 0 Å². The lowest BCUT2D eigenvalue weighted by atomic mass is 10.2. The quantitative estimate of drug-likeness (QED) is 0.431. The zero-order valence-corrected chi connectivity index (χ0v) is 6.99. The third kappa shape index (κ3) is 2.04. The van der Waals surface area contributed by atoms with Crippen LogP contribution in [0.3, 0.4) is 0 Å². The van der Waals surface area contributed by atoms with Gasteiger partial charge in [0.2, 0.25) is 0 Å². The van der Waals surface area contributed by atoms with Crippen LogP contribution in [0, 0.1) is 11.5 Å². The van der Waals surface area contributed by atoms with Gasteiger partial charge in [-0.1, -0.05) is 18.2 Å². The zero-order chi connectivity index (χ0) is 8.97. The van der Waals surface area contributed by atoms with Gasteiger partial charge in [0, 0.05) is 17.3 Å². The Balaban J connectivity index is 2.77. The summed E-state index contributed by atoms with van der Waals surface area (Å²) < 4.78 is 0.926. The molecule has 0 fully saturated rings. The van der Waals surface area contributed by atoms with Crippen LogP contribution >= 0.6 is 11.8 Å². The van der Waals surface area contributed by atoms with Crippen molar-refractivity contribution in [2.75, 3.05) is 0 Å². The number of aromatic hydroxyl groups is 1. The van der Waals surface area contributed by atoms with Gasteiger partial charge in [0.25, 0.3) is 0 Å². The molecule has 0 unspecified atom stereocenters. The number of rotatable bonds is 2. The molecule has 0 aromatic heterocycles. The maximum Gasteiger partial charge on any atom is 0.195 e. The maximum atomic E-state index is 9.26. The van der Waals surface area contributed by atoms with Crippen LogP contribution in [-0.2, 0) is 6.54 Å². The predicted molar refractivity (Wildman–Crippen MR) is 45.1 cm³/mol. The number of benzene rings is 1. The average Bonchev–Trinajstić information content (AvgIpc) is 2.09. The highest BCUT2D eigenvalue weighted by Gasteiger charge is 2.02. The van der Waals surface area contributed by atoms with Gasteiger partial charge in [-0.25, -0.2) is 4.42 Å². The van der Waals surface area contributed by atoms with E-state index in [2.05, 4.69) is 0 Å². The van der Waals surface area contributed by atoms with E-state index in [4.69, 9.17) is 17.0 Å². The molecule has 3 nitrogen and oxygen atoms in total. The van der Waals surface area contributed by atoms with E-state index in [1.165, 1.54) is 0 Å². The molecule has 0 aliphatic heterocycles. The van der Waals surface area contributed by atoms with Crippen LogP contribution in [0.15, 0.2) is 24.3 Å². The summed E-state index contributed by atoms with van der Waals surface area (Å²) in [5, 5.41) is 17.6. The van der Waals surface area contributed by atoms with Crippen molar-refractivity contribution in [3.05, 3.63) is 29.8 Å². The standard InChI is InChI=1S/C8H7ClN2O/c9-11(6-10)5-7-3-1-2-4-8(7)12/h1-4,12H,5H2. The van der Waals surface area contributed by atoms with E-state index < -0.39 is 0 Å². The summed E-state index contributed by atoms with van der Waals surface area (Å²) >= 11 is 5.43. The van der Waals surface area contributed by atoms with Crippen LogP contribution in [0.2, 0.25) is 0 Å². The third-order valence-electron chi connectivity index (χ3n) is 1.41. The Kier molecular flexibility index (Phi) is 2.78. The Morgan fingerprint density at radius 3 is 2.75 bits per heavy atom. The SMILES string of the molecule is N#CN(Cl)Cc1ccccc1O. The van der Waals surface area contributed by atoms with Gasteiger partial charge in [-0.3, -0.25) is 0 Å². The van der Waals surface area contributed by atoms with Crippen molar-refractivity contribution >= 4 is 11.8 Å². The van der Waals surface area contributed by atoms with Crippen LogP contribution < -0.4 is 0 Å². The average molecular weight is 183 g/mol. The summed E-state index contributed by atoms with van der Waals surface area (Å²) in [4.78, 5) is 0. The van der Waals surface area contributed by atoms with E-state index in [0.29, 0.717) is 5.56 Å². The van der Waals surface area contributed by atoms with E-state index in [-0.39, 0.29) is 12.3 Å². The highest BCUT2D eigenvalue weighted by molar-refractivity contribution is 6.14. The molecule has 0 bridgehead atoms. The lowest BCUT2D eigenvalue weighted by Gasteiger charge is -2.06. The predicted octanol–water partition coefficient (Wildman–Crippen LogP) is 1.83. The molecule has 0 radical (unpaired) electrons. The van der Waals surface area contributed by atoms with Gasteiger partial charge in [0.05, 0.1) is 6.54 Å². The molecule has 1 rings (SSSR count). The van der Waals surface area contributed by atoms with Gasteiger partial charge < -0.3 is 5.11 Å². The van der Waals surface area contributed by atoms with Crippen LogP contribution in [0.5, 0.6) is 5.75 Å². The molecule has 0 saturated carbocycles. The van der Waals surface area contributed by atoms with Gasteiger partial charge in [-0.05, 0) is 6.07 Å². The molecule has 62 valence electrons. The Hall–Kier alpha value is -1.40. The van der Waals surface area contributed by atoms with Gasteiger partial charge >= 0.3 is 0 Å². The molecule has 0 spiro atoms. The minimum atomic E-state index is 0.151. The summed E-state index contributed by atoms with van der Waals surface area (Å²) in [6.45, 7) is 0.213. The summed E-state index contributed by atoms with van der Waals surface area (Å²) in [5.74, 6) is 0.151. The monoisotopic (exact) mass is 182 g/mol. The summed E-state index contributed by atoms with van der Waals surface area (Å²) in [6, 6.07) is 6.75. The minimum Gasteiger partial charge on any atom is -0.508 e. The van der Waals surface area contributed by atoms with E-state index in [0.717, 1.165) is 4.42 Å². The highest BCUT2D eigenvalue weighted by Crippen LogP contribution is 2.17. The zero-order valence-electron chi connectivity index (χ0n) is 6.24. The van der Waals surface area contributed by atoms with Crippen molar-refractivity contribution in [1.82, 2.24) is 4.42 Å². The molecule has 1 aromatic rings. The number of phenolic OH excluding ortho intramolecular Hbond substituents is 1.